The van der Waals surface area contributed by atoms with E-state index in [0.29, 0.717) is 18.1 Å². The Hall–Kier alpha value is -0.160. The van der Waals surface area contributed by atoms with Crippen LogP contribution in [-0.4, -0.2) is 55.1 Å². The van der Waals surface area contributed by atoms with E-state index >= 15 is 0 Å². The second-order valence-corrected chi connectivity index (χ2v) is 6.10. The van der Waals surface area contributed by atoms with Crippen LogP contribution in [0.2, 0.25) is 0 Å². The van der Waals surface area contributed by atoms with Gasteiger partial charge in [-0.25, -0.2) is 0 Å². The molecule has 1 aliphatic heterocycles. The third-order valence-corrected chi connectivity index (χ3v) is 3.39. The van der Waals surface area contributed by atoms with Gasteiger partial charge in [-0.3, -0.25) is 4.90 Å². The van der Waals surface area contributed by atoms with E-state index in [-0.39, 0.29) is 0 Å². The minimum atomic E-state index is -0.417. The van der Waals surface area contributed by atoms with E-state index in [1.54, 1.807) is 0 Å². The third kappa shape index (κ3) is 5.22. The molecule has 108 valence electrons. The van der Waals surface area contributed by atoms with Crippen LogP contribution < -0.4 is 5.32 Å². The summed E-state index contributed by atoms with van der Waals surface area (Å²) in [6, 6.07) is 1.49. The molecule has 0 spiro atoms. The Morgan fingerprint density at radius 2 is 1.61 bits per heavy atom. The molecule has 1 N–H and O–H groups in total. The van der Waals surface area contributed by atoms with E-state index in [9.17, 15) is 0 Å². The monoisotopic (exact) mass is 258 g/mol. The summed E-state index contributed by atoms with van der Waals surface area (Å²) in [7, 11) is 0. The first-order chi connectivity index (χ1) is 8.32. The number of rotatable bonds is 6. The number of hydrogen-bond donors (Lipinski definition) is 1. The van der Waals surface area contributed by atoms with Gasteiger partial charge in [0.1, 0.15) is 0 Å². The number of hydrogen-bond acceptors (Lipinski definition) is 4. The molecule has 0 aliphatic carbocycles. The van der Waals surface area contributed by atoms with Crippen LogP contribution in [-0.2, 0) is 9.47 Å². The molecule has 1 fully saturated rings. The second kappa shape index (κ2) is 6.85. The third-order valence-electron chi connectivity index (χ3n) is 3.39. The van der Waals surface area contributed by atoms with Gasteiger partial charge in [-0.1, -0.05) is 0 Å². The fourth-order valence-corrected chi connectivity index (χ4v) is 2.32. The maximum absolute atomic E-state index is 5.63. The van der Waals surface area contributed by atoms with Crippen molar-refractivity contribution in [1.29, 1.82) is 0 Å². The van der Waals surface area contributed by atoms with Crippen LogP contribution in [0.15, 0.2) is 0 Å². The van der Waals surface area contributed by atoms with Crippen molar-refractivity contribution in [3.8, 4) is 0 Å². The lowest BCUT2D eigenvalue weighted by molar-refractivity contribution is -0.252. The largest absolute Gasteiger partial charge is 0.349 e. The molecule has 0 unspecified atom stereocenters. The van der Waals surface area contributed by atoms with Crippen molar-refractivity contribution in [2.24, 2.45) is 0 Å². The Morgan fingerprint density at radius 3 is 2.06 bits per heavy atom. The van der Waals surface area contributed by atoms with E-state index in [2.05, 4.69) is 37.9 Å². The molecule has 18 heavy (non-hydrogen) atoms. The van der Waals surface area contributed by atoms with Gasteiger partial charge in [0.15, 0.2) is 5.79 Å². The Morgan fingerprint density at radius 1 is 1.11 bits per heavy atom. The van der Waals surface area contributed by atoms with Gasteiger partial charge >= 0.3 is 0 Å². The van der Waals surface area contributed by atoms with Gasteiger partial charge in [0, 0.05) is 25.2 Å². The molecule has 1 saturated heterocycles. The highest BCUT2D eigenvalue weighted by Crippen LogP contribution is 2.16. The maximum atomic E-state index is 5.63. The molecule has 4 heteroatoms. The van der Waals surface area contributed by atoms with Crippen LogP contribution in [0.3, 0.4) is 0 Å². The quantitative estimate of drug-likeness (QED) is 0.788. The molecule has 1 rings (SSSR count). The zero-order chi connectivity index (χ0) is 13.8. The first-order valence-corrected chi connectivity index (χ1v) is 7.09. The first-order valence-electron chi connectivity index (χ1n) is 7.09. The summed E-state index contributed by atoms with van der Waals surface area (Å²) in [6.45, 7) is 16.4. The van der Waals surface area contributed by atoms with Crippen LogP contribution >= 0.6 is 0 Å². The Balaban J connectivity index is 2.22. The molecule has 0 bridgehead atoms. The number of ether oxygens (including phenoxy) is 2. The summed E-state index contributed by atoms with van der Waals surface area (Å²) in [4.78, 5) is 2.49. The highest BCUT2D eigenvalue weighted by Gasteiger charge is 2.27. The van der Waals surface area contributed by atoms with E-state index in [0.717, 1.165) is 26.3 Å². The molecule has 1 aliphatic rings. The average Bonchev–Trinajstić information content (AvgIpc) is 2.25. The molecule has 0 aromatic rings. The van der Waals surface area contributed by atoms with Gasteiger partial charge < -0.3 is 14.8 Å². The lowest BCUT2D eigenvalue weighted by Gasteiger charge is -2.36. The zero-order valence-electron chi connectivity index (χ0n) is 12.8. The van der Waals surface area contributed by atoms with Crippen LogP contribution in [0.4, 0.5) is 0 Å². The summed E-state index contributed by atoms with van der Waals surface area (Å²) in [5.41, 5.74) is 0. The smallest absolute Gasteiger partial charge is 0.162 e. The molecule has 4 nitrogen and oxygen atoms in total. The van der Waals surface area contributed by atoms with Crippen LogP contribution in [0.25, 0.3) is 0 Å². The number of nitrogens with zero attached hydrogens (tertiary/aromatic N) is 1. The topological polar surface area (TPSA) is 33.7 Å². The maximum Gasteiger partial charge on any atom is 0.162 e. The Labute approximate surface area is 112 Å². The predicted molar refractivity (Wildman–Crippen MR) is 74.8 cm³/mol. The molecular weight excluding hydrogens is 228 g/mol. The van der Waals surface area contributed by atoms with Crippen LogP contribution in [0, 0.1) is 0 Å². The lowest BCUT2D eigenvalue weighted by Crippen LogP contribution is -2.50. The van der Waals surface area contributed by atoms with E-state index in [1.165, 1.54) is 0 Å². The fourth-order valence-electron chi connectivity index (χ4n) is 2.32. The Bertz CT molecular complexity index is 224. The SMILES string of the molecule is CC(C)N(CCNC1COC(C)(C)OC1)C(C)C. The summed E-state index contributed by atoms with van der Waals surface area (Å²) in [5, 5.41) is 3.51. The summed E-state index contributed by atoms with van der Waals surface area (Å²) in [5.74, 6) is -0.417. The fraction of sp³-hybridized carbons (Fsp3) is 1.00. The Kier molecular flexibility index (Phi) is 6.05. The van der Waals surface area contributed by atoms with Gasteiger partial charge in [-0.2, -0.15) is 0 Å². The molecular formula is C14H30N2O2. The molecule has 0 saturated carbocycles. The van der Waals surface area contributed by atoms with E-state index in [1.807, 2.05) is 13.8 Å². The van der Waals surface area contributed by atoms with Crippen molar-refractivity contribution in [2.75, 3.05) is 26.3 Å². The van der Waals surface area contributed by atoms with Gasteiger partial charge in [0.25, 0.3) is 0 Å². The molecule has 0 atom stereocenters. The molecule has 0 aromatic heterocycles. The second-order valence-electron chi connectivity index (χ2n) is 6.10. The molecule has 0 radical (unpaired) electrons. The van der Waals surface area contributed by atoms with Gasteiger partial charge in [0.2, 0.25) is 0 Å². The van der Waals surface area contributed by atoms with E-state index < -0.39 is 5.79 Å². The van der Waals surface area contributed by atoms with Crippen molar-refractivity contribution >= 4 is 0 Å². The van der Waals surface area contributed by atoms with Gasteiger partial charge in [-0.15, -0.1) is 0 Å². The van der Waals surface area contributed by atoms with Crippen molar-refractivity contribution < 1.29 is 9.47 Å². The summed E-state index contributed by atoms with van der Waals surface area (Å²) < 4.78 is 11.3. The average molecular weight is 258 g/mol. The zero-order valence-corrected chi connectivity index (χ0v) is 12.8. The number of nitrogens with one attached hydrogen (secondary N) is 1. The van der Waals surface area contributed by atoms with Gasteiger partial charge in [-0.05, 0) is 41.5 Å². The van der Waals surface area contributed by atoms with Crippen molar-refractivity contribution in [1.82, 2.24) is 10.2 Å². The highest BCUT2D eigenvalue weighted by atomic mass is 16.7. The van der Waals surface area contributed by atoms with Crippen molar-refractivity contribution in [3.63, 3.8) is 0 Å². The van der Waals surface area contributed by atoms with E-state index in [4.69, 9.17) is 9.47 Å². The molecule has 0 amide bonds. The standard InChI is InChI=1S/C14H30N2O2/c1-11(2)16(12(3)4)8-7-15-13-9-17-14(5,6)18-10-13/h11-13,15H,7-10H2,1-6H3. The normalized spacial score (nSPS) is 21.2. The lowest BCUT2D eigenvalue weighted by atomic mass is 10.2. The minimum Gasteiger partial charge on any atom is -0.349 e. The van der Waals surface area contributed by atoms with Crippen molar-refractivity contribution in [2.45, 2.75) is 65.5 Å². The van der Waals surface area contributed by atoms with Crippen LogP contribution in [0.1, 0.15) is 41.5 Å². The highest BCUT2D eigenvalue weighted by molar-refractivity contribution is 4.75. The molecule has 0 aromatic carbocycles. The van der Waals surface area contributed by atoms with Crippen LogP contribution in [0.5, 0.6) is 0 Å². The summed E-state index contributed by atoms with van der Waals surface area (Å²) >= 11 is 0. The van der Waals surface area contributed by atoms with Gasteiger partial charge in [0.05, 0.1) is 19.3 Å². The summed E-state index contributed by atoms with van der Waals surface area (Å²) in [6.07, 6.45) is 0. The molecule has 1 heterocycles. The minimum absolute atomic E-state index is 0.319. The predicted octanol–water partition coefficient (Wildman–Crippen LogP) is 1.85. The van der Waals surface area contributed by atoms with Crippen molar-refractivity contribution in [3.05, 3.63) is 0 Å². The first kappa shape index (κ1) is 15.9.